The monoisotopic (exact) mass is 437 g/mol. The molecule has 0 bridgehead atoms. The van der Waals surface area contributed by atoms with Gasteiger partial charge in [0.15, 0.2) is 0 Å². The molecule has 2 N–H and O–H groups in total. The van der Waals surface area contributed by atoms with E-state index in [0.29, 0.717) is 31.7 Å². The van der Waals surface area contributed by atoms with Crippen LogP contribution in [0.4, 0.5) is 4.79 Å². The molecule has 0 spiro atoms. The van der Waals surface area contributed by atoms with E-state index < -0.39 is 0 Å². The maximum atomic E-state index is 12.8. The van der Waals surface area contributed by atoms with E-state index in [1.165, 1.54) is 0 Å². The van der Waals surface area contributed by atoms with E-state index in [0.717, 1.165) is 42.8 Å². The van der Waals surface area contributed by atoms with Gasteiger partial charge in [-0.05, 0) is 64.5 Å². The first-order chi connectivity index (χ1) is 15.4. The number of carbonyl (C=O) groups is 2. The fourth-order valence-corrected chi connectivity index (χ4v) is 4.01. The summed E-state index contributed by atoms with van der Waals surface area (Å²) >= 11 is 0. The molecule has 32 heavy (non-hydrogen) atoms. The number of nitrogens with one attached hydrogen (secondary N) is 2. The summed E-state index contributed by atoms with van der Waals surface area (Å²) in [5, 5.41) is 6.03. The van der Waals surface area contributed by atoms with Gasteiger partial charge in [-0.25, -0.2) is 4.79 Å². The molecule has 1 aromatic carbocycles. The number of rotatable bonds is 8. The van der Waals surface area contributed by atoms with Crippen molar-refractivity contribution in [3.8, 4) is 0 Å². The summed E-state index contributed by atoms with van der Waals surface area (Å²) < 4.78 is 0. The molecule has 7 nitrogen and oxygen atoms in total. The maximum Gasteiger partial charge on any atom is 0.317 e. The molecule has 3 rings (SSSR count). The highest BCUT2D eigenvalue weighted by molar-refractivity contribution is 5.95. The van der Waals surface area contributed by atoms with Gasteiger partial charge < -0.3 is 20.4 Å². The van der Waals surface area contributed by atoms with Crippen LogP contribution in [0.2, 0.25) is 0 Å². The number of benzene rings is 1. The molecular weight excluding hydrogens is 402 g/mol. The van der Waals surface area contributed by atoms with Crippen molar-refractivity contribution in [2.75, 3.05) is 40.3 Å². The summed E-state index contributed by atoms with van der Waals surface area (Å²) in [6, 6.07) is 13.7. The molecule has 2 aromatic rings. The van der Waals surface area contributed by atoms with E-state index in [1.54, 1.807) is 0 Å². The van der Waals surface area contributed by atoms with Gasteiger partial charge in [0.25, 0.3) is 5.91 Å². The standard InChI is InChI=1S/C25H35N5O2/c1-19-10-11-22(24(31)26-14-7-15-29(2)3)23(28-19)21-12-16-30(17-13-21)25(32)27-18-20-8-5-4-6-9-20/h4-6,8-11,21H,7,12-18H2,1-3H3,(H,26,31)(H,27,32). The van der Waals surface area contributed by atoms with Crippen molar-refractivity contribution >= 4 is 11.9 Å². The van der Waals surface area contributed by atoms with E-state index >= 15 is 0 Å². The fourth-order valence-electron chi connectivity index (χ4n) is 4.01. The maximum absolute atomic E-state index is 12.8. The van der Waals surface area contributed by atoms with Crippen LogP contribution in [0.25, 0.3) is 0 Å². The van der Waals surface area contributed by atoms with Crippen molar-refractivity contribution in [1.82, 2.24) is 25.4 Å². The lowest BCUT2D eigenvalue weighted by molar-refractivity contribution is 0.0949. The van der Waals surface area contributed by atoms with Crippen molar-refractivity contribution in [2.24, 2.45) is 0 Å². The Balaban J connectivity index is 1.55. The number of pyridine rings is 1. The van der Waals surface area contributed by atoms with Gasteiger partial charge in [-0.15, -0.1) is 0 Å². The van der Waals surface area contributed by atoms with Gasteiger partial charge in [0.2, 0.25) is 0 Å². The third-order valence-electron chi connectivity index (χ3n) is 5.83. The first kappa shape index (κ1) is 23.7. The number of amides is 3. The highest BCUT2D eigenvalue weighted by Gasteiger charge is 2.27. The number of carbonyl (C=O) groups excluding carboxylic acids is 2. The number of aryl methyl sites for hydroxylation is 1. The Labute approximate surface area is 191 Å². The molecule has 0 saturated carbocycles. The van der Waals surface area contributed by atoms with Crippen molar-refractivity contribution in [2.45, 2.75) is 38.6 Å². The summed E-state index contributed by atoms with van der Waals surface area (Å²) in [5.41, 5.74) is 3.51. The zero-order chi connectivity index (χ0) is 22.9. The lowest BCUT2D eigenvalue weighted by Gasteiger charge is -2.32. The van der Waals surface area contributed by atoms with Crippen LogP contribution in [-0.2, 0) is 6.54 Å². The van der Waals surface area contributed by atoms with E-state index in [9.17, 15) is 9.59 Å². The normalized spacial score (nSPS) is 14.4. The van der Waals surface area contributed by atoms with Crippen molar-refractivity contribution in [3.63, 3.8) is 0 Å². The highest BCUT2D eigenvalue weighted by atomic mass is 16.2. The number of nitrogens with zero attached hydrogens (tertiary/aromatic N) is 3. The summed E-state index contributed by atoms with van der Waals surface area (Å²) in [7, 11) is 4.05. The van der Waals surface area contributed by atoms with Crippen molar-refractivity contribution < 1.29 is 9.59 Å². The zero-order valence-corrected chi connectivity index (χ0v) is 19.4. The van der Waals surface area contributed by atoms with E-state index in [1.807, 2.05) is 68.4 Å². The lowest BCUT2D eigenvalue weighted by atomic mass is 9.90. The minimum absolute atomic E-state index is 0.0386. The minimum atomic E-state index is -0.0608. The van der Waals surface area contributed by atoms with Crippen LogP contribution in [0.1, 0.15) is 52.5 Å². The van der Waals surface area contributed by atoms with Crippen LogP contribution >= 0.6 is 0 Å². The molecule has 2 heterocycles. The van der Waals surface area contributed by atoms with Gasteiger partial charge in [-0.2, -0.15) is 0 Å². The molecule has 7 heteroatoms. The molecule has 3 amide bonds. The SMILES string of the molecule is Cc1ccc(C(=O)NCCCN(C)C)c(C2CCN(C(=O)NCc3ccccc3)CC2)n1. The highest BCUT2D eigenvalue weighted by Crippen LogP contribution is 2.29. The molecule has 1 aromatic heterocycles. The average Bonchev–Trinajstić information content (AvgIpc) is 2.80. The van der Waals surface area contributed by atoms with Gasteiger partial charge >= 0.3 is 6.03 Å². The second kappa shape index (κ2) is 11.6. The Bertz CT molecular complexity index is 892. The fraction of sp³-hybridized carbons (Fsp3) is 0.480. The van der Waals surface area contributed by atoms with Crippen LogP contribution in [-0.4, -0.2) is 67.0 Å². The number of aromatic nitrogens is 1. The molecule has 1 aliphatic heterocycles. The molecular formula is C25H35N5O2. The largest absolute Gasteiger partial charge is 0.352 e. The average molecular weight is 438 g/mol. The molecule has 1 saturated heterocycles. The second-order valence-electron chi connectivity index (χ2n) is 8.70. The first-order valence-electron chi connectivity index (χ1n) is 11.4. The predicted octanol–water partition coefficient (Wildman–Crippen LogP) is 3.16. The molecule has 0 aliphatic carbocycles. The molecule has 0 atom stereocenters. The predicted molar refractivity (Wildman–Crippen MR) is 127 cm³/mol. The van der Waals surface area contributed by atoms with Crippen LogP contribution in [0.5, 0.6) is 0 Å². The quantitative estimate of drug-likeness (QED) is 0.622. The first-order valence-corrected chi connectivity index (χ1v) is 11.4. The van der Waals surface area contributed by atoms with Gasteiger partial charge in [-0.3, -0.25) is 9.78 Å². The number of hydrogen-bond acceptors (Lipinski definition) is 4. The van der Waals surface area contributed by atoms with Crippen molar-refractivity contribution in [1.29, 1.82) is 0 Å². The number of piperidine rings is 1. The van der Waals surface area contributed by atoms with Crippen LogP contribution < -0.4 is 10.6 Å². The van der Waals surface area contributed by atoms with Gasteiger partial charge in [-0.1, -0.05) is 30.3 Å². The lowest BCUT2D eigenvalue weighted by Crippen LogP contribution is -2.44. The Kier molecular flexibility index (Phi) is 8.62. The van der Waals surface area contributed by atoms with Crippen LogP contribution in [0.15, 0.2) is 42.5 Å². The van der Waals surface area contributed by atoms with Gasteiger partial charge in [0.05, 0.1) is 11.3 Å². The van der Waals surface area contributed by atoms with Gasteiger partial charge in [0, 0.05) is 37.8 Å². The number of likely N-dealkylation sites (tertiary alicyclic amines) is 1. The topological polar surface area (TPSA) is 77.6 Å². The summed E-state index contributed by atoms with van der Waals surface area (Å²) in [4.78, 5) is 34.1. The molecule has 0 unspecified atom stereocenters. The molecule has 1 fully saturated rings. The minimum Gasteiger partial charge on any atom is -0.352 e. The summed E-state index contributed by atoms with van der Waals surface area (Å²) in [6.07, 6.45) is 2.51. The van der Waals surface area contributed by atoms with Crippen LogP contribution in [0.3, 0.4) is 0 Å². The van der Waals surface area contributed by atoms with Gasteiger partial charge in [0.1, 0.15) is 0 Å². The molecule has 0 radical (unpaired) electrons. The Hall–Kier alpha value is -2.93. The number of urea groups is 1. The zero-order valence-electron chi connectivity index (χ0n) is 19.4. The summed E-state index contributed by atoms with van der Waals surface area (Å²) in [5.74, 6) is 0.116. The smallest absolute Gasteiger partial charge is 0.317 e. The molecule has 1 aliphatic rings. The third kappa shape index (κ3) is 6.79. The Morgan fingerprint density at radius 1 is 1.06 bits per heavy atom. The summed E-state index contributed by atoms with van der Waals surface area (Å²) in [6.45, 7) is 5.37. The second-order valence-corrected chi connectivity index (χ2v) is 8.70. The van der Waals surface area contributed by atoms with E-state index in [-0.39, 0.29) is 17.9 Å². The molecule has 172 valence electrons. The third-order valence-corrected chi connectivity index (χ3v) is 5.83. The Morgan fingerprint density at radius 2 is 1.78 bits per heavy atom. The van der Waals surface area contributed by atoms with E-state index in [4.69, 9.17) is 4.98 Å². The van der Waals surface area contributed by atoms with E-state index in [2.05, 4.69) is 15.5 Å². The number of hydrogen-bond donors (Lipinski definition) is 2. The van der Waals surface area contributed by atoms with Crippen LogP contribution in [0, 0.1) is 6.92 Å². The van der Waals surface area contributed by atoms with Crippen molar-refractivity contribution in [3.05, 3.63) is 65.0 Å². The Morgan fingerprint density at radius 3 is 2.47 bits per heavy atom.